The number of aromatic nitrogens is 1. The first kappa shape index (κ1) is 21.1. The molecule has 162 valence electrons. The number of carbonyl (C=O) groups is 1. The third kappa shape index (κ3) is 4.49. The third-order valence-electron chi connectivity index (χ3n) is 6.15. The predicted octanol–water partition coefficient (Wildman–Crippen LogP) is 3.60. The number of ether oxygens (including phenoxy) is 1. The summed E-state index contributed by atoms with van der Waals surface area (Å²) in [5.74, 6) is 0.547. The Kier molecular flexibility index (Phi) is 6.37. The van der Waals surface area contributed by atoms with E-state index in [1.165, 1.54) is 23.8 Å². The molecule has 0 radical (unpaired) electrons. The lowest BCUT2D eigenvalue weighted by molar-refractivity contribution is 0.0939. The molecule has 1 atom stereocenters. The van der Waals surface area contributed by atoms with E-state index in [1.807, 2.05) is 30.3 Å². The molecule has 2 heterocycles. The maximum absolute atomic E-state index is 13.1. The van der Waals surface area contributed by atoms with E-state index in [-0.39, 0.29) is 11.5 Å². The van der Waals surface area contributed by atoms with Crippen molar-refractivity contribution >= 4 is 16.7 Å². The minimum atomic E-state index is -0.164. The van der Waals surface area contributed by atoms with Gasteiger partial charge in [-0.15, -0.1) is 0 Å². The van der Waals surface area contributed by atoms with Gasteiger partial charge in [0.2, 0.25) is 0 Å². The van der Waals surface area contributed by atoms with Gasteiger partial charge in [0.15, 0.2) is 0 Å². The summed E-state index contributed by atoms with van der Waals surface area (Å²) < 4.78 is 6.74. The number of piperidine rings is 1. The fraction of sp³-hybridized carbons (Fsp3) is 0.360. The molecule has 0 spiro atoms. The Bertz CT molecular complexity index is 1120. The molecule has 2 aromatic carbocycles. The van der Waals surface area contributed by atoms with Crippen molar-refractivity contribution < 1.29 is 9.53 Å². The number of carbonyl (C=O) groups excluding carboxylic acids is 1. The summed E-state index contributed by atoms with van der Waals surface area (Å²) in [6.45, 7) is 4.75. The zero-order valence-corrected chi connectivity index (χ0v) is 18.1. The Morgan fingerprint density at radius 2 is 1.84 bits per heavy atom. The van der Waals surface area contributed by atoms with Crippen LogP contribution in [0, 0.1) is 0 Å². The van der Waals surface area contributed by atoms with Crippen LogP contribution in [0.2, 0.25) is 0 Å². The van der Waals surface area contributed by atoms with Crippen LogP contribution in [0.3, 0.4) is 0 Å². The van der Waals surface area contributed by atoms with Gasteiger partial charge in [0.05, 0.1) is 12.7 Å². The Morgan fingerprint density at radius 1 is 1.10 bits per heavy atom. The SMILES string of the molecule is COc1ccc(-n2cc(C(=O)NCCN3CCCC[C@H]3C)c3ccccc3c2=O)cc1. The zero-order valence-electron chi connectivity index (χ0n) is 18.1. The van der Waals surface area contributed by atoms with Crippen LogP contribution in [0.1, 0.15) is 36.5 Å². The average molecular weight is 420 g/mol. The summed E-state index contributed by atoms with van der Waals surface area (Å²) in [6, 6.07) is 15.1. The summed E-state index contributed by atoms with van der Waals surface area (Å²) in [4.78, 5) is 28.7. The zero-order chi connectivity index (χ0) is 21.8. The van der Waals surface area contributed by atoms with Crippen LogP contribution in [0.4, 0.5) is 0 Å². The minimum absolute atomic E-state index is 0.153. The molecule has 0 unspecified atom stereocenters. The van der Waals surface area contributed by atoms with E-state index in [4.69, 9.17) is 4.74 Å². The number of methoxy groups -OCH3 is 1. The monoisotopic (exact) mass is 419 g/mol. The number of likely N-dealkylation sites (tertiary alicyclic amines) is 1. The van der Waals surface area contributed by atoms with Gasteiger partial charge >= 0.3 is 0 Å². The number of rotatable bonds is 6. The molecule has 0 bridgehead atoms. The number of amides is 1. The van der Waals surface area contributed by atoms with Crippen molar-refractivity contribution in [3.05, 3.63) is 70.6 Å². The molecule has 1 aliphatic heterocycles. The van der Waals surface area contributed by atoms with E-state index < -0.39 is 0 Å². The molecule has 1 fully saturated rings. The summed E-state index contributed by atoms with van der Waals surface area (Å²) in [7, 11) is 1.60. The second-order valence-corrected chi connectivity index (χ2v) is 8.10. The first-order chi connectivity index (χ1) is 15.1. The summed E-state index contributed by atoms with van der Waals surface area (Å²) in [6.07, 6.45) is 5.36. The normalized spacial score (nSPS) is 16.9. The smallest absolute Gasteiger partial charge is 0.262 e. The van der Waals surface area contributed by atoms with Crippen molar-refractivity contribution in [2.45, 2.75) is 32.2 Å². The molecule has 4 rings (SSSR count). The highest BCUT2D eigenvalue weighted by molar-refractivity contribution is 6.06. The highest BCUT2D eigenvalue weighted by atomic mass is 16.5. The molecule has 1 saturated heterocycles. The molecule has 31 heavy (non-hydrogen) atoms. The predicted molar refractivity (Wildman–Crippen MR) is 123 cm³/mol. The van der Waals surface area contributed by atoms with Crippen LogP contribution in [0.5, 0.6) is 5.75 Å². The Hall–Kier alpha value is -3.12. The van der Waals surface area contributed by atoms with Crippen molar-refractivity contribution in [3.63, 3.8) is 0 Å². The fourth-order valence-electron chi connectivity index (χ4n) is 4.31. The van der Waals surface area contributed by atoms with Gasteiger partial charge in [-0.25, -0.2) is 0 Å². The van der Waals surface area contributed by atoms with Crippen LogP contribution in [0.25, 0.3) is 16.5 Å². The van der Waals surface area contributed by atoms with E-state index in [0.29, 0.717) is 40.4 Å². The van der Waals surface area contributed by atoms with Gasteiger partial charge in [0, 0.05) is 41.8 Å². The topological polar surface area (TPSA) is 63.6 Å². The number of fused-ring (bicyclic) bond motifs is 1. The van der Waals surface area contributed by atoms with Crippen molar-refractivity contribution in [1.29, 1.82) is 0 Å². The van der Waals surface area contributed by atoms with Crippen molar-refractivity contribution in [2.75, 3.05) is 26.7 Å². The molecule has 0 saturated carbocycles. The highest BCUT2D eigenvalue weighted by Gasteiger charge is 2.19. The van der Waals surface area contributed by atoms with Gasteiger partial charge in [0.25, 0.3) is 11.5 Å². The van der Waals surface area contributed by atoms with Crippen LogP contribution in [0.15, 0.2) is 59.5 Å². The number of nitrogens with one attached hydrogen (secondary N) is 1. The number of hydrogen-bond acceptors (Lipinski definition) is 4. The second kappa shape index (κ2) is 9.35. The van der Waals surface area contributed by atoms with Gasteiger partial charge in [0.1, 0.15) is 5.75 Å². The van der Waals surface area contributed by atoms with Gasteiger partial charge in [-0.3, -0.25) is 19.1 Å². The Morgan fingerprint density at radius 3 is 2.55 bits per heavy atom. The third-order valence-corrected chi connectivity index (χ3v) is 6.15. The molecular weight excluding hydrogens is 390 g/mol. The van der Waals surface area contributed by atoms with E-state index in [0.717, 1.165) is 13.1 Å². The van der Waals surface area contributed by atoms with Crippen LogP contribution in [-0.2, 0) is 0 Å². The maximum atomic E-state index is 13.1. The van der Waals surface area contributed by atoms with Gasteiger partial charge in [-0.1, -0.05) is 24.6 Å². The molecule has 6 heteroatoms. The molecule has 1 amide bonds. The highest BCUT2D eigenvalue weighted by Crippen LogP contribution is 2.20. The van der Waals surface area contributed by atoms with Gasteiger partial charge in [-0.05, 0) is 56.6 Å². The summed E-state index contributed by atoms with van der Waals surface area (Å²) >= 11 is 0. The molecular formula is C25H29N3O3. The van der Waals surface area contributed by atoms with Crippen LogP contribution in [-0.4, -0.2) is 48.2 Å². The van der Waals surface area contributed by atoms with E-state index in [2.05, 4.69) is 17.1 Å². The first-order valence-electron chi connectivity index (χ1n) is 10.9. The number of pyridine rings is 1. The molecule has 3 aromatic rings. The average Bonchev–Trinajstić information content (AvgIpc) is 2.81. The Balaban J connectivity index is 1.62. The molecule has 1 aliphatic rings. The van der Waals surface area contributed by atoms with Gasteiger partial charge in [-0.2, -0.15) is 0 Å². The fourth-order valence-corrected chi connectivity index (χ4v) is 4.31. The minimum Gasteiger partial charge on any atom is -0.497 e. The van der Waals surface area contributed by atoms with Crippen LogP contribution >= 0.6 is 0 Å². The summed E-state index contributed by atoms with van der Waals surface area (Å²) in [5, 5.41) is 4.25. The molecule has 1 N–H and O–H groups in total. The van der Waals surface area contributed by atoms with E-state index in [9.17, 15) is 9.59 Å². The van der Waals surface area contributed by atoms with E-state index in [1.54, 1.807) is 31.5 Å². The standard InChI is InChI=1S/C25H29N3O3/c1-18-7-5-6-15-27(18)16-14-26-24(29)23-17-28(19-10-12-20(31-2)13-11-19)25(30)22-9-4-3-8-21(22)23/h3-4,8-13,17-18H,5-7,14-16H2,1-2H3,(H,26,29)/t18-/m1/s1. The van der Waals surface area contributed by atoms with Crippen molar-refractivity contribution in [1.82, 2.24) is 14.8 Å². The first-order valence-corrected chi connectivity index (χ1v) is 10.9. The number of hydrogen-bond donors (Lipinski definition) is 1. The quantitative estimate of drug-likeness (QED) is 0.663. The number of nitrogens with zero attached hydrogens (tertiary/aromatic N) is 2. The summed E-state index contributed by atoms with van der Waals surface area (Å²) in [5.41, 5.74) is 1.03. The lowest BCUT2D eigenvalue weighted by atomic mass is 10.0. The lowest BCUT2D eigenvalue weighted by Gasteiger charge is -2.33. The maximum Gasteiger partial charge on any atom is 0.262 e. The van der Waals surface area contributed by atoms with Gasteiger partial charge < -0.3 is 10.1 Å². The molecule has 6 nitrogen and oxygen atoms in total. The van der Waals surface area contributed by atoms with Crippen LogP contribution < -0.4 is 15.6 Å². The lowest BCUT2D eigenvalue weighted by Crippen LogP contribution is -2.42. The Labute approximate surface area is 182 Å². The second-order valence-electron chi connectivity index (χ2n) is 8.10. The molecule has 1 aromatic heterocycles. The molecule has 0 aliphatic carbocycles. The van der Waals surface area contributed by atoms with Crippen molar-refractivity contribution in [2.24, 2.45) is 0 Å². The number of benzene rings is 2. The van der Waals surface area contributed by atoms with E-state index >= 15 is 0 Å². The largest absolute Gasteiger partial charge is 0.497 e. The van der Waals surface area contributed by atoms with Crippen molar-refractivity contribution in [3.8, 4) is 11.4 Å².